The van der Waals surface area contributed by atoms with Crippen molar-refractivity contribution in [2.45, 2.75) is 37.6 Å². The molecule has 0 aromatic heterocycles. The summed E-state index contributed by atoms with van der Waals surface area (Å²) in [6, 6.07) is 20.8. The fraction of sp³-hybridized carbons (Fsp3) is 0.304. The van der Waals surface area contributed by atoms with Crippen molar-refractivity contribution in [2.75, 3.05) is 12.3 Å². The molecule has 3 atom stereocenters. The van der Waals surface area contributed by atoms with Gasteiger partial charge in [0.05, 0.1) is 24.9 Å². The molecule has 1 aromatic carbocycles. The van der Waals surface area contributed by atoms with E-state index in [1.165, 1.54) is 16.7 Å². The monoisotopic (exact) mass is 363 g/mol. The van der Waals surface area contributed by atoms with Gasteiger partial charge in [-0.15, -0.1) is 0 Å². The minimum absolute atomic E-state index is 0.0926. The van der Waals surface area contributed by atoms with Crippen LogP contribution in [0, 0.1) is 0 Å². The average molecular weight is 363 g/mol. The highest BCUT2D eigenvalue weighted by molar-refractivity contribution is 5.68. The van der Waals surface area contributed by atoms with Crippen molar-refractivity contribution < 1.29 is 14.9 Å². The summed E-state index contributed by atoms with van der Waals surface area (Å²) in [5, 5.41) is 19.5. The number of benzene rings is 1. The predicted molar refractivity (Wildman–Crippen MR) is 107 cm³/mol. The van der Waals surface area contributed by atoms with Gasteiger partial charge >= 0.3 is 0 Å². The topological polar surface area (TPSA) is 75.7 Å². The molecule has 0 amide bonds. The van der Waals surface area contributed by atoms with Crippen molar-refractivity contribution in [1.82, 2.24) is 0 Å². The van der Waals surface area contributed by atoms with E-state index >= 15 is 0 Å². The van der Waals surface area contributed by atoms with E-state index in [4.69, 9.17) is 10.5 Å². The van der Waals surface area contributed by atoms with Gasteiger partial charge in [-0.2, -0.15) is 0 Å². The largest absolute Gasteiger partial charge is 0.398 e. The predicted octanol–water partition coefficient (Wildman–Crippen LogP) is 3.54. The number of hydrogen-bond donors (Lipinski definition) is 3. The summed E-state index contributed by atoms with van der Waals surface area (Å²) in [4.78, 5) is 0. The van der Waals surface area contributed by atoms with E-state index in [-0.39, 0.29) is 18.8 Å². The van der Waals surface area contributed by atoms with Gasteiger partial charge < -0.3 is 20.7 Å². The zero-order chi connectivity index (χ0) is 18.8. The second kappa shape index (κ2) is 7.69. The number of anilines is 1. The normalized spacial score (nSPS) is 22.8. The molecule has 0 spiro atoms. The van der Waals surface area contributed by atoms with Crippen LogP contribution in [-0.4, -0.2) is 29.0 Å². The number of nitrogens with two attached hydrogens (primary N) is 1. The molecule has 4 nitrogen and oxygen atoms in total. The van der Waals surface area contributed by atoms with Gasteiger partial charge in [0.25, 0.3) is 0 Å². The van der Waals surface area contributed by atoms with Gasteiger partial charge in [-0.3, -0.25) is 0 Å². The lowest BCUT2D eigenvalue weighted by Gasteiger charge is -2.33. The van der Waals surface area contributed by atoms with Crippen molar-refractivity contribution in [1.29, 1.82) is 0 Å². The van der Waals surface area contributed by atoms with Crippen molar-refractivity contribution in [2.24, 2.45) is 0 Å². The van der Waals surface area contributed by atoms with Gasteiger partial charge in [-0.1, -0.05) is 54.6 Å². The number of ether oxygens (including phenoxy) is 1. The van der Waals surface area contributed by atoms with E-state index in [0.29, 0.717) is 18.5 Å². The number of nitrogen functional groups attached to an aromatic ring is 1. The van der Waals surface area contributed by atoms with Gasteiger partial charge in [-0.05, 0) is 34.7 Å². The summed E-state index contributed by atoms with van der Waals surface area (Å²) in [5.41, 5.74) is 12.6. The maximum Gasteiger partial charge on any atom is 0.0874 e. The van der Waals surface area contributed by atoms with E-state index in [2.05, 4.69) is 42.5 Å². The fourth-order valence-corrected chi connectivity index (χ4v) is 3.94. The Balaban J connectivity index is 1.59. The van der Waals surface area contributed by atoms with Gasteiger partial charge in [0.1, 0.15) is 0 Å². The third-order valence-corrected chi connectivity index (χ3v) is 5.28. The molecule has 27 heavy (non-hydrogen) atoms. The molecule has 4 heteroatoms. The highest BCUT2D eigenvalue weighted by Gasteiger charge is 2.30. The molecule has 1 aromatic rings. The molecular weight excluding hydrogens is 338 g/mol. The molecule has 2 aliphatic carbocycles. The first-order valence-electron chi connectivity index (χ1n) is 9.42. The molecule has 3 aliphatic rings. The molecule has 0 bridgehead atoms. The number of rotatable bonds is 4. The van der Waals surface area contributed by atoms with Gasteiger partial charge in [0.2, 0.25) is 0 Å². The van der Waals surface area contributed by atoms with Gasteiger partial charge in [0.15, 0.2) is 0 Å². The molecular formula is C23H25NO3. The second-order valence-electron chi connectivity index (χ2n) is 7.38. The third-order valence-electron chi connectivity index (χ3n) is 5.28. The Hall–Kier alpha value is -2.40. The number of aliphatic hydroxyl groups is 2. The first-order chi connectivity index (χ1) is 13.1. The number of aliphatic hydroxyl groups excluding tert-OH is 2. The maximum atomic E-state index is 10.1. The van der Waals surface area contributed by atoms with Crippen LogP contribution < -0.4 is 5.73 Å². The SMILES string of the molecule is Nc1ccc(Cc2cc3cccccc-3c2)cc1C1CC(O)CC(CO)O1. The minimum atomic E-state index is -0.481. The number of hydrogen-bond acceptors (Lipinski definition) is 4. The number of fused-ring (bicyclic) bond motifs is 1. The lowest BCUT2D eigenvalue weighted by Crippen LogP contribution is -2.33. The van der Waals surface area contributed by atoms with E-state index < -0.39 is 6.10 Å². The van der Waals surface area contributed by atoms with Crippen LogP contribution in [0.1, 0.15) is 35.6 Å². The summed E-state index contributed by atoms with van der Waals surface area (Å²) in [7, 11) is 0. The van der Waals surface area contributed by atoms with Gasteiger partial charge in [-0.25, -0.2) is 0 Å². The van der Waals surface area contributed by atoms with Crippen LogP contribution in [0.25, 0.3) is 11.1 Å². The summed E-state index contributed by atoms with van der Waals surface area (Å²) >= 11 is 0. The molecule has 1 aliphatic heterocycles. The molecule has 0 radical (unpaired) electrons. The fourth-order valence-electron chi connectivity index (χ4n) is 3.94. The van der Waals surface area contributed by atoms with Crippen LogP contribution in [-0.2, 0) is 11.2 Å². The summed E-state index contributed by atoms with van der Waals surface area (Å²) in [6.45, 7) is -0.0926. The highest BCUT2D eigenvalue weighted by atomic mass is 16.5. The quantitative estimate of drug-likeness (QED) is 0.620. The Morgan fingerprint density at radius 3 is 2.37 bits per heavy atom. The Labute approximate surface area is 159 Å². The van der Waals surface area contributed by atoms with E-state index in [0.717, 1.165) is 17.5 Å². The molecule has 1 heterocycles. The Morgan fingerprint density at radius 1 is 0.926 bits per heavy atom. The Bertz CT molecular complexity index is 864. The molecule has 0 saturated carbocycles. The standard InChI is InChI=1S/C23H25NO3/c24-22-7-6-15(8-16-9-17-4-2-1-3-5-18(17)10-16)11-21(22)23-13-19(26)12-20(14-25)27-23/h1-7,9-11,19-20,23,25-26H,8,12-14,24H2. The van der Waals surface area contributed by atoms with E-state index in [1.54, 1.807) is 0 Å². The molecule has 140 valence electrons. The molecule has 4 rings (SSSR count). The molecule has 4 N–H and O–H groups in total. The first-order valence-corrected chi connectivity index (χ1v) is 9.42. The van der Waals surface area contributed by atoms with Crippen molar-refractivity contribution >= 4 is 5.69 Å². The highest BCUT2D eigenvalue weighted by Crippen LogP contribution is 2.35. The zero-order valence-electron chi connectivity index (χ0n) is 15.2. The van der Waals surface area contributed by atoms with Crippen LogP contribution in [0.2, 0.25) is 0 Å². The maximum absolute atomic E-state index is 10.1. The summed E-state index contributed by atoms with van der Waals surface area (Å²) in [5.74, 6) is 0. The lowest BCUT2D eigenvalue weighted by molar-refractivity contribution is -0.113. The minimum Gasteiger partial charge on any atom is -0.398 e. The molecule has 1 fully saturated rings. The van der Waals surface area contributed by atoms with Crippen LogP contribution in [0.15, 0.2) is 60.7 Å². The third kappa shape index (κ3) is 3.98. The summed E-state index contributed by atoms with van der Waals surface area (Å²) in [6.07, 6.45) is 0.659. The molecule has 3 unspecified atom stereocenters. The van der Waals surface area contributed by atoms with Crippen molar-refractivity contribution in [3.63, 3.8) is 0 Å². The van der Waals surface area contributed by atoms with Crippen LogP contribution in [0.3, 0.4) is 0 Å². The Kier molecular flexibility index (Phi) is 5.12. The average Bonchev–Trinajstić information content (AvgIpc) is 2.90. The lowest BCUT2D eigenvalue weighted by atomic mass is 9.93. The van der Waals surface area contributed by atoms with Gasteiger partial charge in [0, 0.05) is 24.1 Å². The van der Waals surface area contributed by atoms with E-state index in [9.17, 15) is 10.2 Å². The van der Waals surface area contributed by atoms with Crippen LogP contribution >= 0.6 is 0 Å². The Morgan fingerprint density at radius 2 is 1.67 bits per heavy atom. The smallest absolute Gasteiger partial charge is 0.0874 e. The van der Waals surface area contributed by atoms with Crippen LogP contribution in [0.4, 0.5) is 5.69 Å². The van der Waals surface area contributed by atoms with Crippen LogP contribution in [0.5, 0.6) is 0 Å². The van der Waals surface area contributed by atoms with Crippen molar-refractivity contribution in [3.8, 4) is 11.1 Å². The van der Waals surface area contributed by atoms with Crippen molar-refractivity contribution in [3.05, 3.63) is 77.4 Å². The van der Waals surface area contributed by atoms with E-state index in [1.807, 2.05) is 18.2 Å². The first kappa shape index (κ1) is 18.0. The molecule has 1 saturated heterocycles. The second-order valence-corrected chi connectivity index (χ2v) is 7.38. The summed E-state index contributed by atoms with van der Waals surface area (Å²) < 4.78 is 5.95. The zero-order valence-corrected chi connectivity index (χ0v) is 15.2.